The molecular weight excluding hydrogens is 332 g/mol. The van der Waals surface area contributed by atoms with Gasteiger partial charge in [-0.2, -0.15) is 0 Å². The van der Waals surface area contributed by atoms with Crippen molar-refractivity contribution in [1.29, 1.82) is 0 Å². The maximum atomic E-state index is 13.1. The highest BCUT2D eigenvalue weighted by Gasteiger charge is 2.25. The number of hydrogen-bond donors (Lipinski definition) is 0. The highest BCUT2D eigenvalue weighted by molar-refractivity contribution is 5.42. The van der Waals surface area contributed by atoms with Crippen LogP contribution in [0.4, 0.5) is 8.78 Å². The minimum absolute atomic E-state index is 0.208. The average molecular weight is 359 g/mol. The molecule has 0 heterocycles. The van der Waals surface area contributed by atoms with Crippen LogP contribution in [-0.4, -0.2) is 37.8 Å². The van der Waals surface area contributed by atoms with Gasteiger partial charge in [-0.3, -0.25) is 9.29 Å². The quantitative estimate of drug-likeness (QED) is 0.683. The molecule has 1 atom stereocenters. The molecule has 0 bridgehead atoms. The van der Waals surface area contributed by atoms with Crippen LogP contribution in [0.25, 0.3) is 0 Å². The Balaban J connectivity index is 1.68. The van der Waals surface area contributed by atoms with Gasteiger partial charge in [-0.05, 0) is 67.0 Å². The zero-order valence-corrected chi connectivity index (χ0v) is 15.4. The van der Waals surface area contributed by atoms with Gasteiger partial charge >= 0.3 is 0 Å². The Kier molecular flexibility index (Phi) is 6.62. The molecule has 1 unspecified atom stereocenters. The zero-order chi connectivity index (χ0) is 18.4. The van der Waals surface area contributed by atoms with Gasteiger partial charge in [-0.1, -0.05) is 24.3 Å². The zero-order valence-electron chi connectivity index (χ0n) is 15.4. The molecule has 0 fully saturated rings. The molecule has 3 rings (SSSR count). The van der Waals surface area contributed by atoms with Crippen molar-refractivity contribution in [3.63, 3.8) is 0 Å². The first-order valence-corrected chi connectivity index (χ1v) is 9.40. The molecule has 1 aliphatic carbocycles. The van der Waals surface area contributed by atoms with E-state index in [1.165, 1.54) is 23.3 Å². The van der Waals surface area contributed by atoms with Crippen LogP contribution in [0.15, 0.2) is 42.5 Å². The van der Waals surface area contributed by atoms with Crippen molar-refractivity contribution in [1.82, 2.24) is 4.90 Å². The fourth-order valence-corrected chi connectivity index (χ4v) is 3.92. The summed E-state index contributed by atoms with van der Waals surface area (Å²) in [5, 5.41) is 0. The summed E-state index contributed by atoms with van der Waals surface area (Å²) in [6.07, 6.45) is 4.44. The molecule has 140 valence electrons. The predicted octanol–water partition coefficient (Wildman–Crippen LogP) is 4.60. The molecule has 26 heavy (non-hydrogen) atoms. The maximum absolute atomic E-state index is 13.1. The van der Waals surface area contributed by atoms with Crippen LogP contribution >= 0.6 is 0 Å². The lowest BCUT2D eigenvalue weighted by Gasteiger charge is -2.35. The van der Waals surface area contributed by atoms with E-state index in [0.29, 0.717) is 12.5 Å². The van der Waals surface area contributed by atoms with Crippen LogP contribution in [0.5, 0.6) is 5.75 Å². The van der Waals surface area contributed by atoms with Gasteiger partial charge in [0, 0.05) is 19.1 Å². The van der Waals surface area contributed by atoms with E-state index >= 15 is 0 Å². The number of hydrogen-bond acceptors (Lipinski definition) is 2. The normalized spacial score (nSPS) is 16.5. The fourth-order valence-electron chi connectivity index (χ4n) is 3.92. The van der Waals surface area contributed by atoms with E-state index in [1.54, 1.807) is 7.11 Å². The van der Waals surface area contributed by atoms with E-state index in [4.69, 9.17) is 4.74 Å². The molecule has 0 saturated carbocycles. The standard InChI is InChI=1S/C22H27F2NO/c1-26-22-5-2-4-18-16-20(10-11-21(18)22)25(14-3-13-23)15-12-17-6-8-19(24)9-7-17/h2,4-9,20H,3,10-16H2,1H3. The van der Waals surface area contributed by atoms with E-state index in [1.807, 2.05) is 24.3 Å². The Bertz CT molecular complexity index is 702. The number of ether oxygens (including phenoxy) is 1. The summed E-state index contributed by atoms with van der Waals surface area (Å²) >= 11 is 0. The maximum Gasteiger partial charge on any atom is 0.123 e. The van der Waals surface area contributed by atoms with Crippen molar-refractivity contribution in [2.45, 2.75) is 38.1 Å². The average Bonchev–Trinajstić information content (AvgIpc) is 2.68. The third-order valence-electron chi connectivity index (χ3n) is 5.33. The molecule has 2 aromatic rings. The van der Waals surface area contributed by atoms with Gasteiger partial charge in [-0.15, -0.1) is 0 Å². The van der Waals surface area contributed by atoms with E-state index in [9.17, 15) is 8.78 Å². The largest absolute Gasteiger partial charge is 0.496 e. The summed E-state index contributed by atoms with van der Waals surface area (Å²) in [4.78, 5) is 2.41. The first-order chi connectivity index (χ1) is 12.7. The SMILES string of the molecule is COc1cccc2c1CCC(N(CCCF)CCc1ccc(F)cc1)C2. The number of halogens is 2. The number of fused-ring (bicyclic) bond motifs is 1. The van der Waals surface area contributed by atoms with E-state index in [-0.39, 0.29) is 12.5 Å². The highest BCUT2D eigenvalue weighted by atomic mass is 19.1. The number of benzene rings is 2. The third-order valence-corrected chi connectivity index (χ3v) is 5.33. The van der Waals surface area contributed by atoms with Gasteiger partial charge in [0.15, 0.2) is 0 Å². The summed E-state index contributed by atoms with van der Waals surface area (Å²) in [7, 11) is 1.72. The topological polar surface area (TPSA) is 12.5 Å². The summed E-state index contributed by atoms with van der Waals surface area (Å²) in [6.45, 7) is 1.35. The molecule has 0 aliphatic heterocycles. The summed E-state index contributed by atoms with van der Waals surface area (Å²) in [6, 6.07) is 13.3. The second kappa shape index (κ2) is 9.13. The van der Waals surface area contributed by atoms with Crippen LogP contribution in [0.3, 0.4) is 0 Å². The third kappa shape index (κ3) is 4.61. The van der Waals surface area contributed by atoms with E-state index in [2.05, 4.69) is 11.0 Å². The number of rotatable bonds is 8. The van der Waals surface area contributed by atoms with Crippen molar-refractivity contribution in [3.8, 4) is 5.75 Å². The first-order valence-electron chi connectivity index (χ1n) is 9.40. The second-order valence-electron chi connectivity index (χ2n) is 6.95. The van der Waals surface area contributed by atoms with Crippen molar-refractivity contribution in [2.75, 3.05) is 26.9 Å². The van der Waals surface area contributed by atoms with Crippen LogP contribution in [-0.2, 0) is 19.3 Å². The van der Waals surface area contributed by atoms with E-state index < -0.39 is 0 Å². The van der Waals surface area contributed by atoms with Crippen LogP contribution in [0.2, 0.25) is 0 Å². The molecule has 4 heteroatoms. The van der Waals surface area contributed by atoms with Gasteiger partial charge in [0.25, 0.3) is 0 Å². The molecule has 0 aromatic heterocycles. The van der Waals surface area contributed by atoms with Crippen molar-refractivity contribution in [2.24, 2.45) is 0 Å². The molecule has 1 aliphatic rings. The summed E-state index contributed by atoms with van der Waals surface area (Å²) in [5.41, 5.74) is 3.78. The first kappa shape index (κ1) is 18.8. The second-order valence-corrected chi connectivity index (χ2v) is 6.95. The van der Waals surface area contributed by atoms with E-state index in [0.717, 1.165) is 50.1 Å². The molecular formula is C22H27F2NO. The highest BCUT2D eigenvalue weighted by Crippen LogP contribution is 2.31. The lowest BCUT2D eigenvalue weighted by atomic mass is 9.86. The molecule has 0 spiro atoms. The molecule has 2 nitrogen and oxygen atoms in total. The number of alkyl halides is 1. The van der Waals surface area contributed by atoms with Crippen molar-refractivity contribution < 1.29 is 13.5 Å². The molecule has 2 aromatic carbocycles. The Morgan fingerprint density at radius 3 is 2.65 bits per heavy atom. The summed E-state index contributed by atoms with van der Waals surface area (Å²) < 4.78 is 31.4. The van der Waals surface area contributed by atoms with Gasteiger partial charge in [0.05, 0.1) is 13.8 Å². The molecule has 0 saturated heterocycles. The van der Waals surface area contributed by atoms with Crippen molar-refractivity contribution >= 4 is 0 Å². The Labute approximate surface area is 154 Å². The number of methoxy groups -OCH3 is 1. The lowest BCUT2D eigenvalue weighted by Crippen LogP contribution is -2.41. The van der Waals surface area contributed by atoms with Gasteiger partial charge in [0.1, 0.15) is 11.6 Å². The smallest absolute Gasteiger partial charge is 0.123 e. The Morgan fingerprint density at radius 1 is 1.12 bits per heavy atom. The van der Waals surface area contributed by atoms with Gasteiger partial charge in [-0.25, -0.2) is 4.39 Å². The minimum Gasteiger partial charge on any atom is -0.496 e. The summed E-state index contributed by atoms with van der Waals surface area (Å²) in [5.74, 6) is 0.767. The Hall–Kier alpha value is -1.94. The lowest BCUT2D eigenvalue weighted by molar-refractivity contribution is 0.174. The van der Waals surface area contributed by atoms with Crippen LogP contribution in [0, 0.1) is 5.82 Å². The monoisotopic (exact) mass is 359 g/mol. The fraction of sp³-hybridized carbons (Fsp3) is 0.455. The van der Waals surface area contributed by atoms with Crippen LogP contribution < -0.4 is 4.74 Å². The number of nitrogens with zero attached hydrogens (tertiary/aromatic N) is 1. The molecule has 0 amide bonds. The minimum atomic E-state index is -0.288. The Morgan fingerprint density at radius 2 is 1.92 bits per heavy atom. The van der Waals surface area contributed by atoms with Crippen LogP contribution in [0.1, 0.15) is 29.5 Å². The predicted molar refractivity (Wildman–Crippen MR) is 101 cm³/mol. The van der Waals surface area contributed by atoms with Crippen molar-refractivity contribution in [3.05, 3.63) is 65.0 Å². The van der Waals surface area contributed by atoms with Gasteiger partial charge < -0.3 is 4.74 Å². The molecule has 0 radical (unpaired) electrons. The van der Waals surface area contributed by atoms with Gasteiger partial charge in [0.2, 0.25) is 0 Å². The molecule has 0 N–H and O–H groups in total.